The van der Waals surface area contributed by atoms with Gasteiger partial charge in [-0.05, 0) is 36.4 Å². The van der Waals surface area contributed by atoms with Crippen molar-refractivity contribution in [3.05, 3.63) is 65.2 Å². The number of fused-ring (bicyclic) bond motifs is 1. The average Bonchev–Trinajstić information content (AvgIpc) is 2.90. The number of carbonyl (C=O) groups is 4. The summed E-state index contributed by atoms with van der Waals surface area (Å²) in [5.74, 6) is -2.21. The summed E-state index contributed by atoms with van der Waals surface area (Å²) in [5, 5.41) is 0. The standard InChI is InChI=1S/C18H13NO6/c1-24-15(20)10-25-18(23)11-6-8-12(9-7-11)19-16(21)13-4-2-3-5-14(13)17(19)22/h2-9H,10H2,1H3. The topological polar surface area (TPSA) is 90.0 Å². The Morgan fingerprint density at radius 2 is 1.48 bits per heavy atom. The molecule has 1 aliphatic rings. The van der Waals surface area contributed by atoms with Crippen LogP contribution in [0.5, 0.6) is 0 Å². The van der Waals surface area contributed by atoms with Crippen LogP contribution in [0.3, 0.4) is 0 Å². The van der Waals surface area contributed by atoms with Crippen LogP contribution in [-0.2, 0) is 14.3 Å². The number of esters is 2. The number of anilines is 1. The van der Waals surface area contributed by atoms with E-state index in [9.17, 15) is 19.2 Å². The Balaban J connectivity index is 1.78. The molecule has 126 valence electrons. The van der Waals surface area contributed by atoms with E-state index in [0.29, 0.717) is 16.8 Å². The van der Waals surface area contributed by atoms with Crippen molar-refractivity contribution in [1.82, 2.24) is 0 Å². The fraction of sp³-hybridized carbons (Fsp3) is 0.111. The normalized spacial score (nSPS) is 12.8. The van der Waals surface area contributed by atoms with E-state index in [0.717, 1.165) is 4.90 Å². The third-order valence-electron chi connectivity index (χ3n) is 3.70. The third kappa shape index (κ3) is 2.99. The molecule has 0 bridgehead atoms. The SMILES string of the molecule is COC(=O)COC(=O)c1ccc(N2C(=O)c3ccccc3C2=O)cc1. The van der Waals surface area contributed by atoms with Gasteiger partial charge in [-0.1, -0.05) is 12.1 Å². The molecule has 2 amide bonds. The van der Waals surface area contributed by atoms with Gasteiger partial charge >= 0.3 is 11.9 Å². The molecular weight excluding hydrogens is 326 g/mol. The average molecular weight is 339 g/mol. The molecule has 3 rings (SSSR count). The number of rotatable bonds is 4. The minimum absolute atomic E-state index is 0.185. The van der Waals surface area contributed by atoms with Crippen molar-refractivity contribution in [2.75, 3.05) is 18.6 Å². The maximum atomic E-state index is 12.4. The Kier molecular flexibility index (Phi) is 4.30. The number of hydrogen-bond acceptors (Lipinski definition) is 6. The van der Waals surface area contributed by atoms with Gasteiger partial charge in [-0.15, -0.1) is 0 Å². The van der Waals surface area contributed by atoms with Gasteiger partial charge < -0.3 is 9.47 Å². The quantitative estimate of drug-likeness (QED) is 0.623. The van der Waals surface area contributed by atoms with Crippen LogP contribution < -0.4 is 4.90 Å². The molecule has 1 heterocycles. The zero-order valence-electron chi connectivity index (χ0n) is 13.2. The van der Waals surface area contributed by atoms with Crippen molar-refractivity contribution in [2.24, 2.45) is 0 Å². The highest BCUT2D eigenvalue weighted by Crippen LogP contribution is 2.28. The van der Waals surface area contributed by atoms with Crippen LogP contribution in [0, 0.1) is 0 Å². The number of ether oxygens (including phenoxy) is 2. The van der Waals surface area contributed by atoms with E-state index in [1.807, 2.05) is 0 Å². The number of hydrogen-bond donors (Lipinski definition) is 0. The van der Waals surface area contributed by atoms with Crippen LogP contribution in [0.25, 0.3) is 0 Å². The summed E-state index contributed by atoms with van der Waals surface area (Å²) in [6.07, 6.45) is 0. The highest BCUT2D eigenvalue weighted by atomic mass is 16.6. The van der Waals surface area contributed by atoms with Crippen LogP contribution in [0.1, 0.15) is 31.1 Å². The van der Waals surface area contributed by atoms with Crippen LogP contribution >= 0.6 is 0 Å². The van der Waals surface area contributed by atoms with E-state index in [2.05, 4.69) is 4.74 Å². The van der Waals surface area contributed by atoms with Crippen LogP contribution in [0.4, 0.5) is 5.69 Å². The first-order valence-electron chi connectivity index (χ1n) is 7.34. The zero-order chi connectivity index (χ0) is 18.0. The second-order valence-corrected chi connectivity index (χ2v) is 5.19. The molecule has 0 saturated heterocycles. The number of benzene rings is 2. The summed E-state index contributed by atoms with van der Waals surface area (Å²) >= 11 is 0. The van der Waals surface area contributed by atoms with Gasteiger partial charge in [0.25, 0.3) is 11.8 Å². The van der Waals surface area contributed by atoms with Gasteiger partial charge in [0.1, 0.15) is 0 Å². The molecule has 1 aliphatic heterocycles. The summed E-state index contributed by atoms with van der Waals surface area (Å²) in [7, 11) is 1.19. The predicted molar refractivity (Wildman–Crippen MR) is 86.3 cm³/mol. The number of imide groups is 1. The molecule has 7 heteroatoms. The minimum atomic E-state index is -0.709. The molecule has 7 nitrogen and oxygen atoms in total. The van der Waals surface area contributed by atoms with Crippen molar-refractivity contribution in [1.29, 1.82) is 0 Å². The third-order valence-corrected chi connectivity index (χ3v) is 3.70. The van der Waals surface area contributed by atoms with Crippen molar-refractivity contribution in [3.63, 3.8) is 0 Å². The van der Waals surface area contributed by atoms with Crippen molar-refractivity contribution in [3.8, 4) is 0 Å². The highest BCUT2D eigenvalue weighted by molar-refractivity contribution is 6.34. The van der Waals surface area contributed by atoms with Gasteiger partial charge in [0.05, 0.1) is 29.5 Å². The monoisotopic (exact) mass is 339 g/mol. The molecule has 0 atom stereocenters. The molecule has 0 N–H and O–H groups in total. The highest BCUT2D eigenvalue weighted by Gasteiger charge is 2.36. The van der Waals surface area contributed by atoms with E-state index in [4.69, 9.17) is 4.74 Å². The van der Waals surface area contributed by atoms with E-state index in [1.165, 1.54) is 31.4 Å². The van der Waals surface area contributed by atoms with Crippen LogP contribution in [-0.4, -0.2) is 37.5 Å². The number of nitrogens with zero attached hydrogens (tertiary/aromatic N) is 1. The Morgan fingerprint density at radius 1 is 0.920 bits per heavy atom. The lowest BCUT2D eigenvalue weighted by atomic mass is 10.1. The number of methoxy groups -OCH3 is 1. The summed E-state index contributed by atoms with van der Waals surface area (Å²) < 4.78 is 9.16. The van der Waals surface area contributed by atoms with E-state index < -0.39 is 30.4 Å². The molecule has 25 heavy (non-hydrogen) atoms. The smallest absolute Gasteiger partial charge is 0.344 e. The maximum Gasteiger partial charge on any atom is 0.344 e. The molecule has 0 aliphatic carbocycles. The molecule has 2 aromatic carbocycles. The Morgan fingerprint density at radius 3 is 2.00 bits per heavy atom. The van der Waals surface area contributed by atoms with Gasteiger partial charge in [-0.3, -0.25) is 9.59 Å². The summed E-state index contributed by atoms with van der Waals surface area (Å²) in [5.41, 5.74) is 1.21. The molecular formula is C18H13NO6. The largest absolute Gasteiger partial charge is 0.466 e. The Bertz CT molecular complexity index is 836. The van der Waals surface area contributed by atoms with Gasteiger partial charge in [0.2, 0.25) is 0 Å². The Labute approximate surface area is 142 Å². The lowest BCUT2D eigenvalue weighted by molar-refractivity contribution is -0.144. The fourth-order valence-electron chi connectivity index (χ4n) is 2.44. The van der Waals surface area contributed by atoms with Crippen LogP contribution in [0.2, 0.25) is 0 Å². The number of carbonyl (C=O) groups excluding carboxylic acids is 4. The molecule has 0 radical (unpaired) electrons. The molecule has 2 aromatic rings. The van der Waals surface area contributed by atoms with Gasteiger partial charge in [-0.25, -0.2) is 14.5 Å². The first-order chi connectivity index (χ1) is 12.0. The van der Waals surface area contributed by atoms with Gasteiger partial charge in [-0.2, -0.15) is 0 Å². The van der Waals surface area contributed by atoms with E-state index >= 15 is 0 Å². The molecule has 0 unspecified atom stereocenters. The summed E-state index contributed by atoms with van der Waals surface area (Å²) in [6.45, 7) is -0.491. The first-order valence-corrected chi connectivity index (χ1v) is 7.34. The van der Waals surface area contributed by atoms with Crippen LogP contribution in [0.15, 0.2) is 48.5 Å². The summed E-state index contributed by atoms with van der Waals surface area (Å²) in [4.78, 5) is 48.6. The second kappa shape index (κ2) is 6.56. The Hall–Kier alpha value is -3.48. The van der Waals surface area contributed by atoms with Crippen molar-refractivity contribution in [2.45, 2.75) is 0 Å². The van der Waals surface area contributed by atoms with Crippen molar-refractivity contribution < 1.29 is 28.7 Å². The zero-order valence-corrected chi connectivity index (χ0v) is 13.2. The number of amides is 2. The molecule has 0 aromatic heterocycles. The maximum absolute atomic E-state index is 12.4. The first kappa shape index (κ1) is 16.4. The molecule has 0 fully saturated rings. The lowest BCUT2D eigenvalue weighted by Crippen LogP contribution is -2.29. The molecule has 0 saturated carbocycles. The molecule has 0 spiro atoms. The predicted octanol–water partition coefficient (Wildman–Crippen LogP) is 1.82. The van der Waals surface area contributed by atoms with Gasteiger partial charge in [0.15, 0.2) is 6.61 Å². The second-order valence-electron chi connectivity index (χ2n) is 5.19. The lowest BCUT2D eigenvalue weighted by Gasteiger charge is -2.14. The van der Waals surface area contributed by atoms with E-state index in [-0.39, 0.29) is 5.56 Å². The van der Waals surface area contributed by atoms with Crippen molar-refractivity contribution >= 4 is 29.4 Å². The van der Waals surface area contributed by atoms with E-state index in [1.54, 1.807) is 24.3 Å². The summed E-state index contributed by atoms with van der Waals surface area (Å²) in [6, 6.07) is 12.3. The minimum Gasteiger partial charge on any atom is -0.466 e. The fourth-order valence-corrected chi connectivity index (χ4v) is 2.44. The van der Waals surface area contributed by atoms with Gasteiger partial charge in [0, 0.05) is 0 Å².